The van der Waals surface area contributed by atoms with Crippen molar-refractivity contribution < 1.29 is 67.2 Å². The molecule has 3 saturated heterocycles. The van der Waals surface area contributed by atoms with Gasteiger partial charge in [0.05, 0.1) is 25.3 Å². The molecule has 4 heterocycles. The second kappa shape index (κ2) is 22.4. The van der Waals surface area contributed by atoms with Crippen LogP contribution in [0.5, 0.6) is 5.75 Å². The first-order chi connectivity index (χ1) is 31.4. The van der Waals surface area contributed by atoms with Crippen molar-refractivity contribution >= 4 is 80.5 Å². The zero-order valence-electron chi connectivity index (χ0n) is 39.7. The molecule has 8 atom stereocenters. The molecule has 1 aromatic carbocycles. The molecule has 4 aliphatic rings. The summed E-state index contributed by atoms with van der Waals surface area (Å²) in [6.45, 7) is 10.9. The molecule has 5 amide bonds. The minimum atomic E-state index is -1.86. The van der Waals surface area contributed by atoms with Crippen molar-refractivity contribution in [3.05, 3.63) is 46.5 Å². The van der Waals surface area contributed by atoms with E-state index in [2.05, 4.69) is 5.32 Å². The van der Waals surface area contributed by atoms with Gasteiger partial charge < -0.3 is 43.4 Å². The average Bonchev–Trinajstić information content (AvgIpc) is 3.88. The molecule has 1 unspecified atom stereocenters. The molecular formula is C46H63ClN4O14S2. The van der Waals surface area contributed by atoms with Gasteiger partial charge in [0, 0.05) is 69.7 Å². The number of ether oxygens (including phenoxy) is 5. The Kier molecular flexibility index (Phi) is 17.9. The van der Waals surface area contributed by atoms with E-state index in [4.69, 9.17) is 40.1 Å². The lowest BCUT2D eigenvalue weighted by molar-refractivity contribution is -0.197. The number of hydrogen-bond donors (Lipinski definition) is 2. The van der Waals surface area contributed by atoms with Crippen LogP contribution < -0.4 is 15.0 Å². The Hall–Kier alpha value is -4.34. The molecule has 21 heteroatoms. The van der Waals surface area contributed by atoms with Crippen LogP contribution >= 0.6 is 33.2 Å². The first-order valence-electron chi connectivity index (χ1n) is 22.2. The number of epoxide rings is 1. The number of nitrogens with zero attached hydrogens (tertiary/aromatic N) is 3. The predicted octanol–water partition coefficient (Wildman–Crippen LogP) is 5.84. The third kappa shape index (κ3) is 13.3. The monoisotopic (exact) mass is 994 g/mol. The third-order valence-corrected chi connectivity index (χ3v) is 16.4. The van der Waals surface area contributed by atoms with Gasteiger partial charge in [0.15, 0.2) is 5.72 Å². The molecule has 0 saturated carbocycles. The maximum absolute atomic E-state index is 14.3. The Labute approximate surface area is 404 Å². The highest BCUT2D eigenvalue weighted by Crippen LogP contribution is 2.49. The number of anilines is 1. The highest BCUT2D eigenvalue weighted by atomic mass is 35.5. The van der Waals surface area contributed by atoms with E-state index in [0.717, 1.165) is 11.1 Å². The van der Waals surface area contributed by atoms with E-state index in [-0.39, 0.29) is 54.2 Å². The lowest BCUT2D eigenvalue weighted by Gasteiger charge is -2.42. The Morgan fingerprint density at radius 3 is 2.45 bits per heavy atom. The summed E-state index contributed by atoms with van der Waals surface area (Å²) in [7, 11) is 9.02. The summed E-state index contributed by atoms with van der Waals surface area (Å²) >= 11 is 6.81. The molecule has 67 heavy (non-hydrogen) atoms. The number of esters is 1. The standard InChI is InChI=1S/C46H63ClN4O14S2/c1-26-13-11-14-33(61-10)46(59)25-32(62-43(58)48-46)27(2)41-45(6,64-41)34(24-38(55)50(8)30-22-29(21-26)23-31(60-9)40(30)47)63-42(57)28(3)49(7)35(52)18-19-44(4,5)67-66-20-12-15-39(56)65-51-36(53)16-17-37(51)54/h11,13-14,22-23,27-28,32-34,41,59H,12,15-21,24-25H2,1-10H3,(H,48,58)/t27-,28+,32+,33-,34?,41+,45+,46+/m1/s1. The molecule has 0 radical (unpaired) electrons. The van der Waals surface area contributed by atoms with Gasteiger partial charge in [-0.05, 0) is 71.6 Å². The fourth-order valence-electron chi connectivity index (χ4n) is 8.13. The lowest BCUT2D eigenvalue weighted by Crippen LogP contribution is -2.63. The van der Waals surface area contributed by atoms with Crippen LogP contribution in [0.1, 0.15) is 98.5 Å². The molecule has 18 nitrogen and oxygen atoms in total. The second-order valence-electron chi connectivity index (χ2n) is 18.2. The van der Waals surface area contributed by atoms with Crippen LogP contribution in [0.25, 0.3) is 0 Å². The number of aliphatic hydroxyl groups is 1. The van der Waals surface area contributed by atoms with E-state index >= 15 is 0 Å². The number of allylic oxidation sites excluding steroid dienone is 3. The Bertz CT molecular complexity index is 2120. The molecular weight excluding hydrogens is 932 g/mol. The number of carbonyl (C=O) groups excluding carboxylic acids is 7. The summed E-state index contributed by atoms with van der Waals surface area (Å²) in [5, 5.41) is 15.1. The molecule has 4 bridgehead atoms. The van der Waals surface area contributed by atoms with Gasteiger partial charge in [0.1, 0.15) is 40.7 Å². The molecule has 2 N–H and O–H groups in total. The molecule has 0 spiro atoms. The van der Waals surface area contributed by atoms with E-state index in [1.165, 1.54) is 48.8 Å². The Morgan fingerprint density at radius 2 is 1.79 bits per heavy atom. The summed E-state index contributed by atoms with van der Waals surface area (Å²) < 4.78 is 29.1. The fraction of sp³-hybridized carbons (Fsp3) is 0.630. The van der Waals surface area contributed by atoms with Crippen molar-refractivity contribution in [2.75, 3.05) is 39.0 Å². The highest BCUT2D eigenvalue weighted by molar-refractivity contribution is 8.77. The van der Waals surface area contributed by atoms with Crippen molar-refractivity contribution in [3.8, 4) is 5.75 Å². The number of fused-ring (bicyclic) bond motifs is 5. The minimum absolute atomic E-state index is 0.0240. The quantitative estimate of drug-likeness (QED) is 0.0693. The number of hydroxylamine groups is 2. The van der Waals surface area contributed by atoms with E-state index in [9.17, 15) is 38.7 Å². The smallest absolute Gasteiger partial charge is 0.409 e. The molecule has 1 aromatic rings. The number of likely N-dealkylation sites (N-methyl/N-ethyl adjacent to an activating group) is 1. The van der Waals surface area contributed by atoms with E-state index in [1.54, 1.807) is 56.0 Å². The van der Waals surface area contributed by atoms with E-state index < -0.39 is 83.5 Å². The van der Waals surface area contributed by atoms with Crippen LogP contribution in [0, 0.1) is 5.92 Å². The van der Waals surface area contributed by atoms with Gasteiger partial charge in [-0.25, -0.2) is 14.4 Å². The highest BCUT2D eigenvalue weighted by Gasteiger charge is 2.64. The van der Waals surface area contributed by atoms with Crippen LogP contribution in [0.3, 0.4) is 0 Å². The zero-order valence-corrected chi connectivity index (χ0v) is 42.1. The van der Waals surface area contributed by atoms with Gasteiger partial charge in [0.25, 0.3) is 11.8 Å². The van der Waals surface area contributed by atoms with Gasteiger partial charge in [0.2, 0.25) is 11.8 Å². The maximum atomic E-state index is 14.3. The largest absolute Gasteiger partial charge is 0.495 e. The summed E-state index contributed by atoms with van der Waals surface area (Å²) in [6.07, 6.45) is 1.65. The molecule has 0 aliphatic carbocycles. The number of amides is 5. The van der Waals surface area contributed by atoms with Crippen molar-refractivity contribution in [2.24, 2.45) is 5.92 Å². The van der Waals surface area contributed by atoms with Gasteiger partial charge in [-0.3, -0.25) is 24.5 Å². The van der Waals surface area contributed by atoms with Gasteiger partial charge in [-0.15, -0.1) is 5.06 Å². The van der Waals surface area contributed by atoms with Crippen molar-refractivity contribution in [2.45, 2.75) is 146 Å². The Balaban J connectivity index is 1.28. The SMILES string of the molecule is COc1cc2cc(c1Cl)N(C)C(=O)CC(OC(=O)[C@H](C)N(C)C(=O)CCC(C)(C)SSCCCC(=O)ON1C(=O)CCC1=O)[C@]1(C)O[C@H]1[C@H](C)[C@@H]1C[C@@](O)(NC(=O)O1)[C@H](OC)C=CC=C(C)C2. The normalized spacial score (nSPS) is 27.3. The number of nitrogens with one attached hydrogen (secondary N) is 1. The molecule has 4 aliphatic heterocycles. The van der Waals surface area contributed by atoms with E-state index in [0.29, 0.717) is 41.5 Å². The number of methoxy groups -OCH3 is 2. The first kappa shape index (κ1) is 53.6. The molecule has 3 fully saturated rings. The number of rotatable bonds is 15. The first-order valence-corrected chi connectivity index (χ1v) is 24.8. The maximum Gasteiger partial charge on any atom is 0.409 e. The summed E-state index contributed by atoms with van der Waals surface area (Å²) in [5.41, 5.74) is -1.09. The minimum Gasteiger partial charge on any atom is -0.495 e. The molecule has 370 valence electrons. The fourth-order valence-corrected chi connectivity index (χ4v) is 11.1. The van der Waals surface area contributed by atoms with Gasteiger partial charge in [-0.1, -0.05) is 63.9 Å². The summed E-state index contributed by atoms with van der Waals surface area (Å²) in [5.74, 6) is -2.94. The zero-order chi connectivity index (χ0) is 49.6. The van der Waals surface area contributed by atoms with Crippen molar-refractivity contribution in [1.29, 1.82) is 0 Å². The number of imide groups is 1. The topological polar surface area (TPSA) is 220 Å². The van der Waals surface area contributed by atoms with Gasteiger partial charge >= 0.3 is 18.0 Å². The number of benzene rings is 1. The number of alkyl carbamates (subject to hydrolysis) is 1. The molecule has 0 aromatic heterocycles. The number of hydrogen-bond acceptors (Lipinski definition) is 16. The van der Waals surface area contributed by atoms with Crippen LogP contribution in [-0.2, 0) is 59.0 Å². The van der Waals surface area contributed by atoms with Crippen LogP contribution in [0.4, 0.5) is 10.5 Å². The Morgan fingerprint density at radius 1 is 1.10 bits per heavy atom. The van der Waals surface area contributed by atoms with Crippen LogP contribution in [0.2, 0.25) is 5.02 Å². The third-order valence-electron chi connectivity index (χ3n) is 12.6. The second-order valence-corrected chi connectivity index (χ2v) is 21.7. The van der Waals surface area contributed by atoms with Crippen molar-refractivity contribution in [3.63, 3.8) is 0 Å². The van der Waals surface area contributed by atoms with Crippen LogP contribution in [0.15, 0.2) is 35.9 Å². The summed E-state index contributed by atoms with van der Waals surface area (Å²) in [6, 6.07) is 2.48. The summed E-state index contributed by atoms with van der Waals surface area (Å²) in [4.78, 5) is 98.1. The number of carbonyl (C=O) groups is 7. The van der Waals surface area contributed by atoms with Crippen molar-refractivity contribution in [1.82, 2.24) is 15.3 Å². The van der Waals surface area contributed by atoms with Gasteiger partial charge in [-0.2, -0.15) is 0 Å². The lowest BCUT2D eigenvalue weighted by atomic mass is 9.83. The van der Waals surface area contributed by atoms with Crippen LogP contribution in [-0.4, -0.2) is 137 Å². The number of halogens is 1. The molecule has 5 rings (SSSR count). The van der Waals surface area contributed by atoms with E-state index in [1.807, 2.05) is 26.8 Å². The average molecular weight is 996 g/mol. The predicted molar refractivity (Wildman–Crippen MR) is 251 cm³/mol.